The maximum absolute atomic E-state index is 8.54. The molecule has 0 saturated carbocycles. The third-order valence-electron chi connectivity index (χ3n) is 2.29. The van der Waals surface area contributed by atoms with Gasteiger partial charge in [0.25, 0.3) is 0 Å². The third kappa shape index (κ3) is 2.06. The normalized spacial score (nSPS) is 9.75. The molecule has 0 unspecified atom stereocenters. The molecule has 0 fully saturated rings. The number of nitrogens with zero attached hydrogens (tertiary/aromatic N) is 1. The minimum atomic E-state index is 0.302. The van der Waals surface area contributed by atoms with Crippen LogP contribution < -0.4 is 4.74 Å². The van der Waals surface area contributed by atoms with Crippen LogP contribution in [-0.2, 0) is 6.42 Å². The first kappa shape index (κ1) is 10.3. The molecule has 0 aliphatic heterocycles. The van der Waals surface area contributed by atoms with E-state index in [0.29, 0.717) is 12.2 Å². The Morgan fingerprint density at radius 3 is 2.56 bits per heavy atom. The molecule has 0 saturated heterocycles. The molecule has 16 heavy (non-hydrogen) atoms. The molecule has 0 N–H and O–H groups in total. The molecule has 1 heterocycles. The van der Waals surface area contributed by atoms with Crippen molar-refractivity contribution >= 4 is 0 Å². The lowest BCUT2D eigenvalue weighted by atomic mass is 10.2. The van der Waals surface area contributed by atoms with Crippen LogP contribution in [0.5, 0.6) is 5.75 Å². The van der Waals surface area contributed by atoms with Crippen molar-refractivity contribution in [2.24, 2.45) is 0 Å². The molecule has 0 aliphatic rings. The second kappa shape index (κ2) is 4.54. The van der Waals surface area contributed by atoms with Crippen molar-refractivity contribution in [2.75, 3.05) is 7.11 Å². The summed E-state index contributed by atoms with van der Waals surface area (Å²) in [5.74, 6) is 2.27. The Morgan fingerprint density at radius 2 is 1.94 bits per heavy atom. The highest BCUT2D eigenvalue weighted by Gasteiger charge is 2.04. The van der Waals surface area contributed by atoms with E-state index in [2.05, 4.69) is 6.07 Å². The molecule has 0 aliphatic carbocycles. The number of benzene rings is 1. The van der Waals surface area contributed by atoms with E-state index in [4.69, 9.17) is 14.4 Å². The van der Waals surface area contributed by atoms with Crippen molar-refractivity contribution in [3.05, 3.63) is 42.2 Å². The van der Waals surface area contributed by atoms with Crippen LogP contribution in [0.15, 0.2) is 40.8 Å². The van der Waals surface area contributed by atoms with E-state index in [9.17, 15) is 0 Å². The van der Waals surface area contributed by atoms with Crippen molar-refractivity contribution in [3.8, 4) is 23.1 Å². The van der Waals surface area contributed by atoms with E-state index in [0.717, 1.165) is 17.1 Å². The Bertz CT molecular complexity index is 505. The standard InChI is InChI=1S/C13H11NO2/c1-15-11-4-2-10(3-5-11)13-7-6-12(16-13)8-9-14/h2-7H,8H2,1H3. The molecule has 0 amide bonds. The van der Waals surface area contributed by atoms with E-state index in [-0.39, 0.29) is 0 Å². The first-order valence-corrected chi connectivity index (χ1v) is 4.93. The summed E-state index contributed by atoms with van der Waals surface area (Å²) >= 11 is 0. The summed E-state index contributed by atoms with van der Waals surface area (Å²) in [6.45, 7) is 0. The second-order valence-corrected chi connectivity index (χ2v) is 3.33. The minimum absolute atomic E-state index is 0.302. The van der Waals surface area contributed by atoms with Crippen LogP contribution in [0.4, 0.5) is 0 Å². The maximum Gasteiger partial charge on any atom is 0.134 e. The average Bonchev–Trinajstić information content (AvgIpc) is 2.78. The van der Waals surface area contributed by atoms with Gasteiger partial charge in [0.05, 0.1) is 19.6 Å². The number of nitriles is 1. The smallest absolute Gasteiger partial charge is 0.134 e. The summed E-state index contributed by atoms with van der Waals surface area (Å²) in [7, 11) is 1.63. The zero-order valence-electron chi connectivity index (χ0n) is 8.93. The van der Waals surface area contributed by atoms with Crippen LogP contribution in [0.2, 0.25) is 0 Å². The lowest BCUT2D eigenvalue weighted by molar-refractivity contribution is 0.415. The Kier molecular flexibility index (Phi) is 2.93. The molecule has 2 aromatic rings. The largest absolute Gasteiger partial charge is 0.497 e. The van der Waals surface area contributed by atoms with E-state index < -0.39 is 0 Å². The van der Waals surface area contributed by atoms with Gasteiger partial charge in [-0.2, -0.15) is 5.26 Å². The number of furan rings is 1. The highest BCUT2D eigenvalue weighted by molar-refractivity contribution is 5.58. The van der Waals surface area contributed by atoms with E-state index in [1.807, 2.05) is 36.4 Å². The first-order valence-electron chi connectivity index (χ1n) is 4.93. The highest BCUT2D eigenvalue weighted by atomic mass is 16.5. The number of methoxy groups -OCH3 is 1. The van der Waals surface area contributed by atoms with Crippen LogP contribution in [0.3, 0.4) is 0 Å². The molecule has 0 radical (unpaired) electrons. The second-order valence-electron chi connectivity index (χ2n) is 3.33. The molecule has 3 nitrogen and oxygen atoms in total. The fourth-order valence-corrected chi connectivity index (χ4v) is 1.46. The predicted octanol–water partition coefficient (Wildman–Crippen LogP) is 3.02. The SMILES string of the molecule is COc1ccc(-c2ccc(CC#N)o2)cc1. The Balaban J connectivity index is 2.25. The number of rotatable bonds is 3. The van der Waals surface area contributed by atoms with Crippen molar-refractivity contribution in [2.45, 2.75) is 6.42 Å². The summed E-state index contributed by atoms with van der Waals surface area (Å²) in [5.41, 5.74) is 0.977. The molecule has 80 valence electrons. The lowest BCUT2D eigenvalue weighted by Crippen LogP contribution is -1.81. The van der Waals surface area contributed by atoms with Gasteiger partial charge >= 0.3 is 0 Å². The molecular weight excluding hydrogens is 202 g/mol. The molecule has 3 heteroatoms. The third-order valence-corrected chi connectivity index (χ3v) is 2.29. The van der Waals surface area contributed by atoms with Gasteiger partial charge in [-0.1, -0.05) is 0 Å². The van der Waals surface area contributed by atoms with Gasteiger partial charge in [0.2, 0.25) is 0 Å². The summed E-state index contributed by atoms with van der Waals surface area (Å²) in [6, 6.07) is 13.3. The van der Waals surface area contributed by atoms with Gasteiger partial charge in [-0.15, -0.1) is 0 Å². The van der Waals surface area contributed by atoms with Crippen molar-refractivity contribution in [1.29, 1.82) is 5.26 Å². The molecule has 2 rings (SSSR count). The van der Waals surface area contributed by atoms with Crippen LogP contribution >= 0.6 is 0 Å². The summed E-state index contributed by atoms with van der Waals surface area (Å²) in [4.78, 5) is 0. The van der Waals surface area contributed by atoms with Crippen LogP contribution in [0, 0.1) is 11.3 Å². The molecule has 0 spiro atoms. The van der Waals surface area contributed by atoms with Gasteiger partial charge in [0.1, 0.15) is 17.3 Å². The zero-order chi connectivity index (χ0) is 11.4. The van der Waals surface area contributed by atoms with Crippen LogP contribution in [0.1, 0.15) is 5.76 Å². The molecule has 0 atom stereocenters. The Labute approximate surface area is 93.9 Å². The minimum Gasteiger partial charge on any atom is -0.497 e. The fraction of sp³-hybridized carbons (Fsp3) is 0.154. The summed E-state index contributed by atoms with van der Waals surface area (Å²) < 4.78 is 10.6. The molecule has 1 aromatic carbocycles. The Morgan fingerprint density at radius 1 is 1.19 bits per heavy atom. The Hall–Kier alpha value is -2.21. The predicted molar refractivity (Wildman–Crippen MR) is 60.0 cm³/mol. The fourth-order valence-electron chi connectivity index (χ4n) is 1.46. The van der Waals surface area contributed by atoms with Gasteiger partial charge in [0, 0.05) is 5.56 Å². The number of hydrogen-bond donors (Lipinski definition) is 0. The topological polar surface area (TPSA) is 46.2 Å². The molecule has 1 aromatic heterocycles. The highest BCUT2D eigenvalue weighted by Crippen LogP contribution is 2.24. The number of ether oxygens (including phenoxy) is 1. The monoisotopic (exact) mass is 213 g/mol. The quantitative estimate of drug-likeness (QED) is 0.787. The van der Waals surface area contributed by atoms with Gasteiger partial charge in [-0.25, -0.2) is 0 Å². The lowest BCUT2D eigenvalue weighted by Gasteiger charge is -2.00. The van der Waals surface area contributed by atoms with Gasteiger partial charge < -0.3 is 9.15 Å². The zero-order valence-corrected chi connectivity index (χ0v) is 8.93. The van der Waals surface area contributed by atoms with Gasteiger partial charge in [-0.3, -0.25) is 0 Å². The van der Waals surface area contributed by atoms with Gasteiger partial charge in [-0.05, 0) is 36.4 Å². The van der Waals surface area contributed by atoms with Crippen molar-refractivity contribution in [3.63, 3.8) is 0 Å². The van der Waals surface area contributed by atoms with E-state index >= 15 is 0 Å². The van der Waals surface area contributed by atoms with Crippen LogP contribution in [-0.4, -0.2) is 7.11 Å². The van der Waals surface area contributed by atoms with Crippen molar-refractivity contribution in [1.82, 2.24) is 0 Å². The summed E-state index contributed by atoms with van der Waals surface area (Å²) in [5, 5.41) is 8.54. The number of hydrogen-bond acceptors (Lipinski definition) is 3. The molecule has 0 bridgehead atoms. The van der Waals surface area contributed by atoms with E-state index in [1.54, 1.807) is 7.11 Å². The maximum atomic E-state index is 8.54. The molecular formula is C13H11NO2. The van der Waals surface area contributed by atoms with E-state index in [1.165, 1.54) is 0 Å². The van der Waals surface area contributed by atoms with Gasteiger partial charge in [0.15, 0.2) is 0 Å². The summed E-state index contributed by atoms with van der Waals surface area (Å²) in [6.07, 6.45) is 0.302. The van der Waals surface area contributed by atoms with Crippen LogP contribution in [0.25, 0.3) is 11.3 Å². The first-order chi connectivity index (χ1) is 7.83. The van der Waals surface area contributed by atoms with Crippen molar-refractivity contribution < 1.29 is 9.15 Å². The average molecular weight is 213 g/mol.